The molecule has 0 atom stereocenters. The smallest absolute Gasteiger partial charge is 0.227 e. The van der Waals surface area contributed by atoms with E-state index in [0.717, 1.165) is 11.3 Å². The minimum absolute atomic E-state index is 0.0336. The van der Waals surface area contributed by atoms with Crippen LogP contribution in [0.2, 0.25) is 0 Å². The van der Waals surface area contributed by atoms with Crippen molar-refractivity contribution in [3.8, 4) is 11.5 Å². The second-order valence-electron chi connectivity index (χ2n) is 7.46. The van der Waals surface area contributed by atoms with Gasteiger partial charge in [-0.25, -0.2) is 0 Å². The van der Waals surface area contributed by atoms with E-state index in [1.54, 1.807) is 32.4 Å². The molecule has 0 spiro atoms. The fourth-order valence-corrected chi connectivity index (χ4v) is 3.72. The Morgan fingerprint density at radius 3 is 2.10 bits per heavy atom. The van der Waals surface area contributed by atoms with Crippen LogP contribution in [0.5, 0.6) is 11.5 Å². The minimum atomic E-state index is -0.107. The van der Waals surface area contributed by atoms with E-state index in [-0.39, 0.29) is 23.7 Å². The average molecular weight is 396 g/mol. The summed E-state index contributed by atoms with van der Waals surface area (Å²) in [4.78, 5) is 25.2. The molecule has 2 amide bonds. The third kappa shape index (κ3) is 5.28. The normalized spacial score (nSPS) is 18.6. The molecule has 6 heteroatoms. The van der Waals surface area contributed by atoms with Crippen molar-refractivity contribution in [2.45, 2.75) is 32.6 Å². The van der Waals surface area contributed by atoms with Crippen molar-refractivity contribution < 1.29 is 19.1 Å². The number of benzene rings is 2. The number of rotatable bonds is 6. The number of ether oxygens (including phenoxy) is 2. The third-order valence-electron chi connectivity index (χ3n) is 5.42. The molecule has 1 saturated carbocycles. The van der Waals surface area contributed by atoms with Crippen molar-refractivity contribution in [2.24, 2.45) is 11.8 Å². The Bertz CT molecular complexity index is 873. The van der Waals surface area contributed by atoms with Gasteiger partial charge in [0.2, 0.25) is 11.8 Å². The zero-order valence-electron chi connectivity index (χ0n) is 17.2. The second-order valence-corrected chi connectivity index (χ2v) is 7.46. The topological polar surface area (TPSA) is 76.7 Å². The molecule has 2 aromatic carbocycles. The summed E-state index contributed by atoms with van der Waals surface area (Å²) in [6, 6.07) is 13.1. The van der Waals surface area contributed by atoms with Gasteiger partial charge in [0.25, 0.3) is 0 Å². The van der Waals surface area contributed by atoms with Gasteiger partial charge >= 0.3 is 0 Å². The van der Waals surface area contributed by atoms with Crippen molar-refractivity contribution in [3.63, 3.8) is 0 Å². The summed E-state index contributed by atoms with van der Waals surface area (Å²) in [5.41, 5.74) is 2.55. The summed E-state index contributed by atoms with van der Waals surface area (Å²) in [5.74, 6) is 1.06. The minimum Gasteiger partial charge on any atom is -0.497 e. The van der Waals surface area contributed by atoms with Crippen LogP contribution in [-0.4, -0.2) is 26.0 Å². The third-order valence-corrected chi connectivity index (χ3v) is 5.42. The average Bonchev–Trinajstić information content (AvgIpc) is 2.74. The number of hydrogen-bond acceptors (Lipinski definition) is 4. The lowest BCUT2D eigenvalue weighted by molar-refractivity contribution is -0.125. The zero-order valence-corrected chi connectivity index (χ0v) is 17.2. The quantitative estimate of drug-likeness (QED) is 0.759. The van der Waals surface area contributed by atoms with Crippen LogP contribution in [-0.2, 0) is 9.59 Å². The van der Waals surface area contributed by atoms with E-state index in [1.807, 2.05) is 31.2 Å². The van der Waals surface area contributed by atoms with Gasteiger partial charge in [0.1, 0.15) is 11.5 Å². The Balaban J connectivity index is 1.53. The Morgan fingerprint density at radius 1 is 0.862 bits per heavy atom. The lowest BCUT2D eigenvalue weighted by Gasteiger charge is -2.27. The van der Waals surface area contributed by atoms with E-state index >= 15 is 0 Å². The van der Waals surface area contributed by atoms with Crippen molar-refractivity contribution in [2.75, 3.05) is 24.9 Å². The molecule has 2 N–H and O–H groups in total. The number of amides is 2. The molecule has 0 unspecified atom stereocenters. The number of aryl methyl sites for hydroxylation is 1. The highest BCUT2D eigenvalue weighted by Gasteiger charge is 2.30. The first kappa shape index (κ1) is 20.7. The van der Waals surface area contributed by atoms with Crippen LogP contribution in [0.4, 0.5) is 11.4 Å². The fourth-order valence-electron chi connectivity index (χ4n) is 3.72. The Kier molecular flexibility index (Phi) is 6.75. The zero-order chi connectivity index (χ0) is 20.8. The monoisotopic (exact) mass is 396 g/mol. The van der Waals surface area contributed by atoms with Gasteiger partial charge in [-0.3, -0.25) is 9.59 Å². The van der Waals surface area contributed by atoms with Gasteiger partial charge in [0.15, 0.2) is 0 Å². The van der Waals surface area contributed by atoms with E-state index in [0.29, 0.717) is 42.9 Å². The lowest BCUT2D eigenvalue weighted by Crippen LogP contribution is -2.32. The molecule has 0 aromatic heterocycles. The number of methoxy groups -OCH3 is 2. The highest BCUT2D eigenvalue weighted by atomic mass is 16.5. The van der Waals surface area contributed by atoms with Crippen LogP contribution in [0, 0.1) is 18.8 Å². The summed E-state index contributed by atoms with van der Waals surface area (Å²) >= 11 is 0. The molecule has 0 aliphatic heterocycles. The molecule has 0 saturated heterocycles. The summed E-state index contributed by atoms with van der Waals surface area (Å²) < 4.78 is 10.5. The molecule has 154 valence electrons. The number of carbonyl (C=O) groups excluding carboxylic acids is 2. The standard InChI is InChI=1S/C23H28N2O4/c1-15-5-4-6-18(13-15)24-22(26)16-7-9-17(10-8-16)23(27)25-20-12-11-19(28-2)14-21(20)29-3/h4-6,11-14,16-17H,7-10H2,1-3H3,(H,24,26)(H,25,27). The first-order valence-electron chi connectivity index (χ1n) is 9.90. The maximum atomic E-state index is 12.7. The van der Waals surface area contributed by atoms with Crippen LogP contribution in [0.25, 0.3) is 0 Å². The van der Waals surface area contributed by atoms with Gasteiger partial charge in [-0.05, 0) is 62.4 Å². The second kappa shape index (κ2) is 9.45. The molecule has 2 aromatic rings. The van der Waals surface area contributed by atoms with Gasteiger partial charge < -0.3 is 20.1 Å². The van der Waals surface area contributed by atoms with Crippen molar-refractivity contribution in [1.29, 1.82) is 0 Å². The van der Waals surface area contributed by atoms with Crippen molar-refractivity contribution >= 4 is 23.2 Å². The van der Waals surface area contributed by atoms with Gasteiger partial charge in [-0.1, -0.05) is 12.1 Å². The number of anilines is 2. The highest BCUT2D eigenvalue weighted by Crippen LogP contribution is 2.33. The summed E-state index contributed by atoms with van der Waals surface area (Å²) in [6.45, 7) is 2.00. The van der Waals surface area contributed by atoms with E-state index in [4.69, 9.17) is 9.47 Å². The van der Waals surface area contributed by atoms with Crippen LogP contribution in [0.3, 0.4) is 0 Å². The Hall–Kier alpha value is -3.02. The number of hydrogen-bond donors (Lipinski definition) is 2. The first-order chi connectivity index (χ1) is 14.0. The molecule has 6 nitrogen and oxygen atoms in total. The first-order valence-corrected chi connectivity index (χ1v) is 9.90. The summed E-state index contributed by atoms with van der Waals surface area (Å²) in [5, 5.41) is 5.95. The van der Waals surface area contributed by atoms with Crippen LogP contribution in [0.1, 0.15) is 31.2 Å². The van der Waals surface area contributed by atoms with Gasteiger partial charge in [-0.15, -0.1) is 0 Å². The van der Waals surface area contributed by atoms with Crippen LogP contribution >= 0.6 is 0 Å². The maximum Gasteiger partial charge on any atom is 0.227 e. The predicted octanol–water partition coefficient (Wildman–Crippen LogP) is 4.40. The largest absolute Gasteiger partial charge is 0.497 e. The van der Waals surface area contributed by atoms with Crippen LogP contribution < -0.4 is 20.1 Å². The molecule has 1 fully saturated rings. The molecule has 0 heterocycles. The number of nitrogens with one attached hydrogen (secondary N) is 2. The Morgan fingerprint density at radius 2 is 1.52 bits per heavy atom. The molecule has 1 aliphatic rings. The SMILES string of the molecule is COc1ccc(NC(=O)C2CCC(C(=O)Nc3cccc(C)c3)CC2)c(OC)c1. The predicted molar refractivity (Wildman–Crippen MR) is 113 cm³/mol. The molecule has 1 aliphatic carbocycles. The summed E-state index contributed by atoms with van der Waals surface area (Å²) in [7, 11) is 3.14. The molecular weight excluding hydrogens is 368 g/mol. The lowest BCUT2D eigenvalue weighted by atomic mass is 9.81. The molecule has 3 rings (SSSR count). The van der Waals surface area contributed by atoms with Crippen molar-refractivity contribution in [1.82, 2.24) is 0 Å². The Labute approximate surface area is 171 Å². The number of carbonyl (C=O) groups is 2. The molecule has 0 bridgehead atoms. The van der Waals surface area contributed by atoms with E-state index in [9.17, 15) is 9.59 Å². The van der Waals surface area contributed by atoms with E-state index in [1.165, 1.54) is 0 Å². The molecular formula is C23H28N2O4. The van der Waals surface area contributed by atoms with Gasteiger partial charge in [0.05, 0.1) is 19.9 Å². The van der Waals surface area contributed by atoms with Gasteiger partial charge in [0, 0.05) is 23.6 Å². The highest BCUT2D eigenvalue weighted by molar-refractivity contribution is 5.95. The van der Waals surface area contributed by atoms with Crippen molar-refractivity contribution in [3.05, 3.63) is 48.0 Å². The molecule has 0 radical (unpaired) electrons. The van der Waals surface area contributed by atoms with Crippen LogP contribution in [0.15, 0.2) is 42.5 Å². The van der Waals surface area contributed by atoms with E-state index < -0.39 is 0 Å². The van der Waals surface area contributed by atoms with E-state index in [2.05, 4.69) is 10.6 Å². The fraction of sp³-hybridized carbons (Fsp3) is 0.391. The molecule has 29 heavy (non-hydrogen) atoms. The maximum absolute atomic E-state index is 12.7. The summed E-state index contributed by atoms with van der Waals surface area (Å²) in [6.07, 6.45) is 2.79. The van der Waals surface area contributed by atoms with Gasteiger partial charge in [-0.2, -0.15) is 0 Å².